The summed E-state index contributed by atoms with van der Waals surface area (Å²) >= 11 is 0. The van der Waals surface area contributed by atoms with E-state index in [9.17, 15) is 0 Å². The van der Waals surface area contributed by atoms with Gasteiger partial charge in [0.15, 0.2) is 0 Å². The SMILES string of the molecule is CN(CCC1CCCCC1)CC1CCCN1. The molecule has 1 unspecified atom stereocenters. The van der Waals surface area contributed by atoms with Gasteiger partial charge < -0.3 is 10.2 Å². The van der Waals surface area contributed by atoms with Gasteiger partial charge in [-0.2, -0.15) is 0 Å². The molecule has 2 fully saturated rings. The van der Waals surface area contributed by atoms with Crippen LogP contribution in [0.25, 0.3) is 0 Å². The summed E-state index contributed by atoms with van der Waals surface area (Å²) < 4.78 is 0. The van der Waals surface area contributed by atoms with Crippen molar-refractivity contribution in [3.8, 4) is 0 Å². The molecular formula is C14H28N2. The van der Waals surface area contributed by atoms with Crippen molar-refractivity contribution in [3.05, 3.63) is 0 Å². The molecule has 1 heterocycles. The van der Waals surface area contributed by atoms with Gasteiger partial charge in [0.2, 0.25) is 0 Å². The number of nitrogens with zero attached hydrogens (tertiary/aromatic N) is 1. The second kappa shape index (κ2) is 6.61. The second-order valence-electron chi connectivity index (χ2n) is 5.85. The highest BCUT2D eigenvalue weighted by Crippen LogP contribution is 2.26. The lowest BCUT2D eigenvalue weighted by atomic mass is 9.87. The average Bonchev–Trinajstić information content (AvgIpc) is 2.81. The van der Waals surface area contributed by atoms with Crippen molar-refractivity contribution in [2.24, 2.45) is 5.92 Å². The van der Waals surface area contributed by atoms with Gasteiger partial charge in [-0.1, -0.05) is 32.1 Å². The number of rotatable bonds is 5. The fourth-order valence-electron chi connectivity index (χ4n) is 3.26. The Bertz CT molecular complexity index is 181. The average molecular weight is 224 g/mol. The number of hydrogen-bond acceptors (Lipinski definition) is 2. The fraction of sp³-hybridized carbons (Fsp3) is 1.00. The summed E-state index contributed by atoms with van der Waals surface area (Å²) in [5.41, 5.74) is 0. The monoisotopic (exact) mass is 224 g/mol. The lowest BCUT2D eigenvalue weighted by Gasteiger charge is -2.26. The summed E-state index contributed by atoms with van der Waals surface area (Å²) in [5, 5.41) is 3.58. The zero-order valence-corrected chi connectivity index (χ0v) is 10.9. The van der Waals surface area contributed by atoms with E-state index >= 15 is 0 Å². The molecule has 94 valence electrons. The minimum Gasteiger partial charge on any atom is -0.313 e. The maximum atomic E-state index is 3.58. The zero-order chi connectivity index (χ0) is 11.2. The highest BCUT2D eigenvalue weighted by Gasteiger charge is 2.17. The molecular weight excluding hydrogens is 196 g/mol. The first-order valence-electron chi connectivity index (χ1n) is 7.26. The van der Waals surface area contributed by atoms with E-state index < -0.39 is 0 Å². The number of nitrogens with one attached hydrogen (secondary N) is 1. The van der Waals surface area contributed by atoms with Crippen LogP contribution in [-0.4, -0.2) is 37.6 Å². The maximum Gasteiger partial charge on any atom is 0.0195 e. The van der Waals surface area contributed by atoms with Crippen molar-refractivity contribution in [2.45, 2.75) is 57.4 Å². The predicted molar refractivity (Wildman–Crippen MR) is 69.7 cm³/mol. The topological polar surface area (TPSA) is 15.3 Å². The van der Waals surface area contributed by atoms with Gasteiger partial charge in [0.05, 0.1) is 0 Å². The molecule has 1 N–H and O–H groups in total. The van der Waals surface area contributed by atoms with Crippen LogP contribution < -0.4 is 5.32 Å². The lowest BCUT2D eigenvalue weighted by molar-refractivity contribution is 0.250. The summed E-state index contributed by atoms with van der Waals surface area (Å²) in [6, 6.07) is 0.774. The molecule has 2 rings (SSSR count). The maximum absolute atomic E-state index is 3.58. The fourth-order valence-corrected chi connectivity index (χ4v) is 3.26. The summed E-state index contributed by atoms with van der Waals surface area (Å²) in [5.74, 6) is 1.03. The summed E-state index contributed by atoms with van der Waals surface area (Å²) in [6.07, 6.45) is 11.6. The molecule has 2 nitrogen and oxygen atoms in total. The van der Waals surface area contributed by atoms with E-state index in [4.69, 9.17) is 0 Å². The molecule has 1 atom stereocenters. The molecule has 16 heavy (non-hydrogen) atoms. The standard InChI is InChI=1S/C14H28N2/c1-16(12-14-8-5-10-15-14)11-9-13-6-3-2-4-7-13/h13-15H,2-12H2,1H3. The zero-order valence-electron chi connectivity index (χ0n) is 10.9. The molecule has 1 saturated carbocycles. The first-order valence-corrected chi connectivity index (χ1v) is 7.26. The van der Waals surface area contributed by atoms with E-state index in [-0.39, 0.29) is 0 Å². The van der Waals surface area contributed by atoms with Crippen LogP contribution >= 0.6 is 0 Å². The van der Waals surface area contributed by atoms with Crippen molar-refractivity contribution in [3.63, 3.8) is 0 Å². The molecule has 1 aliphatic carbocycles. The highest BCUT2D eigenvalue weighted by molar-refractivity contribution is 4.77. The molecule has 1 saturated heterocycles. The molecule has 0 aromatic carbocycles. The number of likely N-dealkylation sites (N-methyl/N-ethyl adjacent to an activating group) is 1. The Hall–Kier alpha value is -0.0800. The van der Waals surface area contributed by atoms with Crippen molar-refractivity contribution < 1.29 is 0 Å². The molecule has 0 amide bonds. The first kappa shape index (κ1) is 12.4. The largest absolute Gasteiger partial charge is 0.313 e. The van der Waals surface area contributed by atoms with Crippen LogP contribution in [0.2, 0.25) is 0 Å². The van der Waals surface area contributed by atoms with Crippen LogP contribution in [0, 0.1) is 5.92 Å². The Labute approximate surface area is 101 Å². The quantitative estimate of drug-likeness (QED) is 0.772. The van der Waals surface area contributed by atoms with Gasteiger partial charge in [0.25, 0.3) is 0 Å². The predicted octanol–water partition coefficient (Wildman–Crippen LogP) is 2.64. The number of hydrogen-bond donors (Lipinski definition) is 1. The lowest BCUT2D eigenvalue weighted by Crippen LogP contribution is -2.36. The second-order valence-corrected chi connectivity index (χ2v) is 5.85. The summed E-state index contributed by atoms with van der Waals surface area (Å²) in [6.45, 7) is 3.80. The van der Waals surface area contributed by atoms with Gasteiger partial charge >= 0.3 is 0 Å². The van der Waals surface area contributed by atoms with Crippen LogP contribution in [0.5, 0.6) is 0 Å². The van der Waals surface area contributed by atoms with Gasteiger partial charge in [0, 0.05) is 12.6 Å². The van der Waals surface area contributed by atoms with Crippen molar-refractivity contribution in [2.75, 3.05) is 26.7 Å². The van der Waals surface area contributed by atoms with Crippen molar-refractivity contribution in [1.82, 2.24) is 10.2 Å². The van der Waals surface area contributed by atoms with Crippen molar-refractivity contribution in [1.29, 1.82) is 0 Å². The minimum absolute atomic E-state index is 0.774. The molecule has 0 aromatic rings. The summed E-state index contributed by atoms with van der Waals surface area (Å²) in [4.78, 5) is 2.54. The van der Waals surface area contributed by atoms with Crippen LogP contribution in [-0.2, 0) is 0 Å². The van der Waals surface area contributed by atoms with Crippen LogP contribution in [0.4, 0.5) is 0 Å². The summed E-state index contributed by atoms with van der Waals surface area (Å²) in [7, 11) is 2.29. The van der Waals surface area contributed by atoms with Crippen LogP contribution in [0.3, 0.4) is 0 Å². The van der Waals surface area contributed by atoms with E-state index in [1.54, 1.807) is 0 Å². The normalized spacial score (nSPS) is 27.8. The van der Waals surface area contributed by atoms with E-state index in [1.807, 2.05) is 0 Å². The molecule has 2 aliphatic rings. The van der Waals surface area contributed by atoms with E-state index in [0.29, 0.717) is 0 Å². The Balaban J connectivity index is 1.57. The van der Waals surface area contributed by atoms with Crippen LogP contribution in [0.15, 0.2) is 0 Å². The van der Waals surface area contributed by atoms with Crippen LogP contribution in [0.1, 0.15) is 51.4 Å². The van der Waals surface area contributed by atoms with E-state index in [2.05, 4.69) is 17.3 Å². The van der Waals surface area contributed by atoms with E-state index in [0.717, 1.165) is 12.0 Å². The van der Waals surface area contributed by atoms with Gasteiger partial charge in [-0.05, 0) is 45.3 Å². The molecule has 0 radical (unpaired) electrons. The Morgan fingerprint density at radius 2 is 1.88 bits per heavy atom. The Morgan fingerprint density at radius 1 is 1.06 bits per heavy atom. The Morgan fingerprint density at radius 3 is 2.56 bits per heavy atom. The van der Waals surface area contributed by atoms with Gasteiger partial charge in [-0.25, -0.2) is 0 Å². The van der Waals surface area contributed by atoms with Crippen molar-refractivity contribution >= 4 is 0 Å². The van der Waals surface area contributed by atoms with E-state index in [1.165, 1.54) is 71.0 Å². The molecule has 1 aliphatic heterocycles. The smallest absolute Gasteiger partial charge is 0.0195 e. The van der Waals surface area contributed by atoms with Gasteiger partial charge in [0.1, 0.15) is 0 Å². The molecule has 0 spiro atoms. The highest BCUT2D eigenvalue weighted by atomic mass is 15.1. The first-order chi connectivity index (χ1) is 7.84. The van der Waals surface area contributed by atoms with Gasteiger partial charge in [-0.15, -0.1) is 0 Å². The molecule has 0 bridgehead atoms. The third-order valence-electron chi connectivity index (χ3n) is 4.34. The molecule has 2 heteroatoms. The third kappa shape index (κ3) is 4.06. The van der Waals surface area contributed by atoms with Gasteiger partial charge in [-0.3, -0.25) is 0 Å². The third-order valence-corrected chi connectivity index (χ3v) is 4.34. The molecule has 0 aromatic heterocycles. The Kier molecular flexibility index (Phi) is 5.11. The minimum atomic E-state index is 0.774.